The summed E-state index contributed by atoms with van der Waals surface area (Å²) in [5.74, 6) is -0.234. The Balaban J connectivity index is 4.70. The number of carbonyl (C=O) groups excluding carboxylic acids is 1. The number of unbranched alkanes of at least 4 members (excludes halogenated alkanes) is 9. The van der Waals surface area contributed by atoms with E-state index in [2.05, 4.69) is 79.9 Å². The first-order valence-electron chi connectivity index (χ1n) is 18.8. The van der Waals surface area contributed by atoms with Gasteiger partial charge in [-0.3, -0.25) is 13.8 Å². The largest absolute Gasteiger partial charge is 0.472 e. The van der Waals surface area contributed by atoms with Crippen molar-refractivity contribution < 1.29 is 32.9 Å². The summed E-state index contributed by atoms with van der Waals surface area (Å²) in [6, 6.07) is -0.885. The zero-order valence-corrected chi connectivity index (χ0v) is 32.5. The number of carbonyl (C=O) groups is 1. The highest BCUT2D eigenvalue weighted by Gasteiger charge is 2.27. The lowest BCUT2D eigenvalue weighted by atomic mass is 10.1. The molecule has 0 aromatic heterocycles. The molecule has 0 rings (SSSR count). The fourth-order valence-electron chi connectivity index (χ4n) is 4.63. The first kappa shape index (κ1) is 46.9. The van der Waals surface area contributed by atoms with Crippen LogP contribution in [0.3, 0.4) is 0 Å². The van der Waals surface area contributed by atoms with Crippen molar-refractivity contribution in [3.05, 3.63) is 72.9 Å². The van der Waals surface area contributed by atoms with E-state index in [0.717, 1.165) is 57.8 Å². The number of phosphoric acid groups is 1. The van der Waals surface area contributed by atoms with Crippen LogP contribution in [-0.4, -0.2) is 73.4 Å². The van der Waals surface area contributed by atoms with Crippen LogP contribution in [-0.2, 0) is 18.4 Å². The van der Waals surface area contributed by atoms with Gasteiger partial charge in [0.05, 0.1) is 39.9 Å². The van der Waals surface area contributed by atoms with Gasteiger partial charge < -0.3 is 19.8 Å². The molecule has 3 unspecified atom stereocenters. The maximum absolute atomic E-state index is 12.8. The molecule has 0 fully saturated rings. The number of aliphatic hydroxyl groups excluding tert-OH is 1. The van der Waals surface area contributed by atoms with E-state index in [4.69, 9.17) is 9.05 Å². The van der Waals surface area contributed by atoms with Crippen molar-refractivity contribution in [1.29, 1.82) is 0 Å². The number of phosphoric ester groups is 1. The van der Waals surface area contributed by atoms with E-state index < -0.39 is 20.0 Å². The number of quaternary nitrogens is 1. The lowest BCUT2D eigenvalue weighted by molar-refractivity contribution is -0.870. The van der Waals surface area contributed by atoms with Crippen LogP contribution in [0.4, 0.5) is 0 Å². The van der Waals surface area contributed by atoms with Crippen LogP contribution in [0, 0.1) is 0 Å². The summed E-state index contributed by atoms with van der Waals surface area (Å²) in [6.07, 6.45) is 41.2. The van der Waals surface area contributed by atoms with Gasteiger partial charge in [-0.15, -0.1) is 0 Å². The van der Waals surface area contributed by atoms with Crippen molar-refractivity contribution in [3.8, 4) is 0 Å². The van der Waals surface area contributed by atoms with Gasteiger partial charge in [0.1, 0.15) is 13.2 Å². The molecule has 0 saturated carbocycles. The van der Waals surface area contributed by atoms with Gasteiger partial charge in [-0.1, -0.05) is 119 Å². The van der Waals surface area contributed by atoms with Crippen molar-refractivity contribution in [1.82, 2.24) is 5.32 Å². The molecule has 49 heavy (non-hydrogen) atoms. The molecular weight excluding hydrogens is 635 g/mol. The highest BCUT2D eigenvalue weighted by atomic mass is 31.2. The number of nitrogens with zero attached hydrogens (tertiary/aromatic N) is 1. The average molecular weight is 708 g/mol. The standard InChI is InChI=1S/C40H71N2O6P/c1-6-8-10-12-14-16-18-20-21-22-24-26-28-30-32-34-40(44)41-38(37-48-49(45,46)47-36-35-42(3,4)5)39(43)33-31-29-27-25-23-19-17-15-13-11-9-7-2/h8,10,14,16,20-21,23-26,31,33,38-39,43H,6-7,9,11-13,15,17-19,22,27-30,32,34-37H2,1-5H3,(H-,41,44,45,46)/p+1/b10-8-,16-14-,21-20-,25-23+,26-24-,33-31+. The molecule has 1 amide bonds. The molecule has 3 N–H and O–H groups in total. The Kier molecular flexibility index (Phi) is 30.5. The molecule has 0 radical (unpaired) electrons. The predicted molar refractivity (Wildman–Crippen MR) is 207 cm³/mol. The van der Waals surface area contributed by atoms with Gasteiger partial charge in [-0.25, -0.2) is 4.57 Å². The second-order valence-corrected chi connectivity index (χ2v) is 15.0. The Hall–Kier alpha value is -2.06. The van der Waals surface area contributed by atoms with Gasteiger partial charge in [0.25, 0.3) is 0 Å². The van der Waals surface area contributed by atoms with Gasteiger partial charge >= 0.3 is 7.82 Å². The first-order chi connectivity index (χ1) is 23.5. The van der Waals surface area contributed by atoms with Crippen LogP contribution in [0.1, 0.15) is 123 Å². The average Bonchev–Trinajstić information content (AvgIpc) is 3.04. The monoisotopic (exact) mass is 708 g/mol. The van der Waals surface area contributed by atoms with Crippen LogP contribution in [0.2, 0.25) is 0 Å². The number of allylic oxidation sites excluding steroid dienone is 11. The summed E-state index contributed by atoms with van der Waals surface area (Å²) >= 11 is 0. The van der Waals surface area contributed by atoms with Crippen molar-refractivity contribution in [2.75, 3.05) is 40.9 Å². The van der Waals surface area contributed by atoms with E-state index in [-0.39, 0.29) is 19.1 Å². The zero-order chi connectivity index (χ0) is 36.5. The molecule has 9 heteroatoms. The summed E-state index contributed by atoms with van der Waals surface area (Å²) in [6.45, 7) is 4.58. The van der Waals surface area contributed by atoms with E-state index in [1.807, 2.05) is 27.2 Å². The molecule has 8 nitrogen and oxygen atoms in total. The minimum atomic E-state index is -4.35. The number of nitrogens with one attached hydrogen (secondary N) is 1. The third-order valence-electron chi connectivity index (χ3n) is 7.66. The molecule has 282 valence electrons. The number of hydrogen-bond donors (Lipinski definition) is 3. The maximum Gasteiger partial charge on any atom is 0.472 e. The van der Waals surface area contributed by atoms with Crippen molar-refractivity contribution in [2.45, 2.75) is 135 Å². The third kappa shape index (κ3) is 34.2. The van der Waals surface area contributed by atoms with Crippen LogP contribution >= 0.6 is 7.82 Å². The van der Waals surface area contributed by atoms with Crippen LogP contribution < -0.4 is 5.32 Å². The fourth-order valence-corrected chi connectivity index (χ4v) is 5.37. The zero-order valence-electron chi connectivity index (χ0n) is 31.6. The van der Waals surface area contributed by atoms with E-state index in [1.54, 1.807) is 6.08 Å². The molecule has 3 atom stereocenters. The van der Waals surface area contributed by atoms with Crippen LogP contribution in [0.25, 0.3) is 0 Å². The molecular formula is C40H72N2O6P+. The number of likely N-dealkylation sites (N-methyl/N-ethyl adjacent to an activating group) is 1. The SMILES string of the molecule is CC/C=C\C/C=C\C/C=C\C/C=C\CCCCC(=O)NC(COP(=O)(O)OCC[N+](C)(C)C)C(O)/C=C/CC/C=C/CCCCCCCC. The minimum absolute atomic E-state index is 0.0441. The fraction of sp³-hybridized carbons (Fsp3) is 0.675. The van der Waals surface area contributed by atoms with Gasteiger partial charge in [0, 0.05) is 6.42 Å². The van der Waals surface area contributed by atoms with Crippen molar-refractivity contribution >= 4 is 13.7 Å². The smallest absolute Gasteiger partial charge is 0.387 e. The topological polar surface area (TPSA) is 105 Å². The Morgan fingerprint density at radius 3 is 1.88 bits per heavy atom. The van der Waals surface area contributed by atoms with Crippen molar-refractivity contribution in [2.24, 2.45) is 0 Å². The molecule has 0 bridgehead atoms. The van der Waals surface area contributed by atoms with Gasteiger partial charge in [0.2, 0.25) is 5.91 Å². The maximum atomic E-state index is 12.8. The molecule has 0 aliphatic heterocycles. The second kappa shape index (κ2) is 31.9. The number of rotatable bonds is 32. The molecule has 0 aromatic rings. The summed E-state index contributed by atoms with van der Waals surface area (Å²) in [5, 5.41) is 13.7. The van der Waals surface area contributed by atoms with Gasteiger partial charge in [0.15, 0.2) is 0 Å². The second-order valence-electron chi connectivity index (χ2n) is 13.6. The normalized spacial score (nSPS) is 15.5. The van der Waals surface area contributed by atoms with Crippen LogP contribution in [0.15, 0.2) is 72.9 Å². The van der Waals surface area contributed by atoms with E-state index in [1.165, 1.54) is 38.5 Å². The summed E-state index contributed by atoms with van der Waals surface area (Å²) in [7, 11) is 1.51. The molecule has 0 saturated heterocycles. The number of aliphatic hydroxyl groups is 1. The molecule has 0 heterocycles. The van der Waals surface area contributed by atoms with Gasteiger partial charge in [-0.2, -0.15) is 0 Å². The molecule has 0 aliphatic carbocycles. The Bertz CT molecular complexity index is 1030. The molecule has 0 spiro atoms. The van der Waals surface area contributed by atoms with Gasteiger partial charge in [-0.05, 0) is 70.6 Å². The number of amides is 1. The third-order valence-corrected chi connectivity index (χ3v) is 8.64. The lowest BCUT2D eigenvalue weighted by Crippen LogP contribution is -2.45. The lowest BCUT2D eigenvalue weighted by Gasteiger charge is -2.25. The summed E-state index contributed by atoms with van der Waals surface area (Å²) in [5.41, 5.74) is 0. The van der Waals surface area contributed by atoms with Crippen molar-refractivity contribution in [3.63, 3.8) is 0 Å². The first-order valence-corrected chi connectivity index (χ1v) is 20.3. The Labute approximate surface area is 300 Å². The summed E-state index contributed by atoms with van der Waals surface area (Å²) < 4.78 is 23.4. The summed E-state index contributed by atoms with van der Waals surface area (Å²) in [4.78, 5) is 22.9. The van der Waals surface area contributed by atoms with E-state index in [9.17, 15) is 19.4 Å². The van der Waals surface area contributed by atoms with Crippen LogP contribution in [0.5, 0.6) is 0 Å². The Morgan fingerprint density at radius 2 is 1.24 bits per heavy atom. The Morgan fingerprint density at radius 1 is 0.714 bits per heavy atom. The quantitative estimate of drug-likeness (QED) is 0.0278. The van der Waals surface area contributed by atoms with E-state index >= 15 is 0 Å². The molecule has 0 aliphatic rings. The number of hydrogen-bond acceptors (Lipinski definition) is 5. The molecule has 0 aromatic carbocycles. The highest BCUT2D eigenvalue weighted by molar-refractivity contribution is 7.47. The predicted octanol–water partition coefficient (Wildman–Crippen LogP) is 9.68. The van der Waals surface area contributed by atoms with E-state index in [0.29, 0.717) is 23.9 Å². The minimum Gasteiger partial charge on any atom is -0.387 e. The highest BCUT2D eigenvalue weighted by Crippen LogP contribution is 2.43.